The molecule has 1 heterocycles. The molecule has 9 heteroatoms. The van der Waals surface area contributed by atoms with Gasteiger partial charge in [-0.25, -0.2) is 4.79 Å². The Morgan fingerprint density at radius 3 is 2.23 bits per heavy atom. The highest BCUT2D eigenvalue weighted by molar-refractivity contribution is 9.10. The molecule has 1 N–H and O–H groups in total. The van der Waals surface area contributed by atoms with Gasteiger partial charge in [0.1, 0.15) is 0 Å². The van der Waals surface area contributed by atoms with Crippen LogP contribution in [0, 0.1) is 5.92 Å². The largest absolute Gasteiger partial charge is 0.454 e. The van der Waals surface area contributed by atoms with E-state index >= 15 is 0 Å². The Labute approximate surface area is 215 Å². The van der Waals surface area contributed by atoms with Crippen LogP contribution in [0.3, 0.4) is 0 Å². The van der Waals surface area contributed by atoms with Gasteiger partial charge in [-0.3, -0.25) is 14.4 Å². The van der Waals surface area contributed by atoms with Crippen molar-refractivity contribution < 1.29 is 23.9 Å². The van der Waals surface area contributed by atoms with Crippen molar-refractivity contribution in [3.8, 4) is 0 Å². The van der Waals surface area contributed by atoms with Gasteiger partial charge in [-0.05, 0) is 60.7 Å². The molecule has 1 saturated heterocycles. The maximum atomic E-state index is 12.7. The van der Waals surface area contributed by atoms with Gasteiger partial charge in [0.2, 0.25) is 11.8 Å². The minimum Gasteiger partial charge on any atom is -0.454 e. The number of nitrogens with zero attached hydrogens (tertiary/aromatic N) is 1. The first kappa shape index (κ1) is 24.6. The molecule has 4 rings (SSSR count). The highest BCUT2D eigenvalue weighted by Gasteiger charge is 2.35. The second-order valence-electron chi connectivity index (χ2n) is 7.95. The lowest BCUT2D eigenvalue weighted by Gasteiger charge is -2.16. The zero-order valence-corrected chi connectivity index (χ0v) is 20.7. The van der Waals surface area contributed by atoms with Gasteiger partial charge in [0.05, 0.1) is 11.5 Å². The third-order valence-corrected chi connectivity index (χ3v) is 6.30. The Morgan fingerprint density at radius 2 is 1.57 bits per heavy atom. The second kappa shape index (κ2) is 10.8. The summed E-state index contributed by atoms with van der Waals surface area (Å²) in [5.41, 5.74) is 1.86. The molecule has 0 unspecified atom stereocenters. The van der Waals surface area contributed by atoms with Gasteiger partial charge >= 0.3 is 5.97 Å². The molecule has 0 bridgehead atoms. The van der Waals surface area contributed by atoms with Gasteiger partial charge < -0.3 is 15.0 Å². The fourth-order valence-electron chi connectivity index (χ4n) is 3.62. The Hall–Kier alpha value is -3.49. The molecule has 2 amide bonds. The summed E-state index contributed by atoms with van der Waals surface area (Å²) in [7, 11) is 0. The third kappa shape index (κ3) is 6.15. The van der Waals surface area contributed by atoms with Crippen LogP contribution in [-0.4, -0.2) is 36.7 Å². The van der Waals surface area contributed by atoms with E-state index in [4.69, 9.17) is 16.3 Å². The minimum absolute atomic E-state index is 0.102. The molecule has 0 aliphatic carbocycles. The van der Waals surface area contributed by atoms with Crippen LogP contribution in [0.5, 0.6) is 0 Å². The lowest BCUT2D eigenvalue weighted by Crippen LogP contribution is -2.28. The SMILES string of the molecule is O=C(COC(=O)c1ccc(NC(=O)[C@@H]2CC(=O)N(c3ccc(Cl)cc3)C2)cc1)c1ccc(Br)cc1. The van der Waals surface area contributed by atoms with Crippen molar-refractivity contribution >= 4 is 62.5 Å². The van der Waals surface area contributed by atoms with E-state index in [-0.39, 0.29) is 42.7 Å². The van der Waals surface area contributed by atoms with E-state index in [1.807, 2.05) is 0 Å². The van der Waals surface area contributed by atoms with Crippen LogP contribution >= 0.6 is 27.5 Å². The van der Waals surface area contributed by atoms with E-state index in [1.165, 1.54) is 12.1 Å². The molecule has 178 valence electrons. The number of hydrogen-bond donors (Lipinski definition) is 1. The number of nitrogens with one attached hydrogen (secondary N) is 1. The summed E-state index contributed by atoms with van der Waals surface area (Å²) >= 11 is 9.20. The molecule has 3 aromatic rings. The highest BCUT2D eigenvalue weighted by atomic mass is 79.9. The van der Waals surface area contributed by atoms with Crippen molar-refractivity contribution in [2.75, 3.05) is 23.4 Å². The van der Waals surface area contributed by atoms with Crippen LogP contribution in [0.4, 0.5) is 11.4 Å². The number of anilines is 2. The van der Waals surface area contributed by atoms with Gasteiger partial charge in [-0.2, -0.15) is 0 Å². The predicted octanol–water partition coefficient (Wildman–Crippen LogP) is 5.13. The number of ketones is 1. The molecule has 0 aromatic heterocycles. The van der Waals surface area contributed by atoms with Gasteiger partial charge in [-0.15, -0.1) is 0 Å². The number of carbonyl (C=O) groups excluding carboxylic acids is 4. The molecule has 1 fully saturated rings. The van der Waals surface area contributed by atoms with Crippen molar-refractivity contribution in [2.45, 2.75) is 6.42 Å². The molecule has 0 spiro atoms. The minimum atomic E-state index is -0.645. The number of ether oxygens (including phenoxy) is 1. The third-order valence-electron chi connectivity index (χ3n) is 5.52. The van der Waals surface area contributed by atoms with Crippen molar-refractivity contribution in [1.82, 2.24) is 0 Å². The van der Waals surface area contributed by atoms with Crippen LogP contribution in [0.1, 0.15) is 27.1 Å². The van der Waals surface area contributed by atoms with Crippen LogP contribution < -0.4 is 10.2 Å². The summed E-state index contributed by atoms with van der Waals surface area (Å²) in [5.74, 6) is -1.89. The molecular weight excluding hydrogens is 536 g/mol. The molecule has 7 nitrogen and oxygen atoms in total. The Balaban J connectivity index is 1.30. The fraction of sp³-hybridized carbons (Fsp3) is 0.154. The number of carbonyl (C=O) groups is 4. The number of amides is 2. The van der Waals surface area contributed by atoms with E-state index in [9.17, 15) is 19.2 Å². The van der Waals surface area contributed by atoms with Gasteiger partial charge in [-0.1, -0.05) is 39.7 Å². The first-order chi connectivity index (χ1) is 16.8. The lowest BCUT2D eigenvalue weighted by molar-refractivity contribution is -0.122. The van der Waals surface area contributed by atoms with E-state index in [1.54, 1.807) is 65.6 Å². The summed E-state index contributed by atoms with van der Waals surface area (Å²) in [6.07, 6.45) is 0.102. The monoisotopic (exact) mass is 554 g/mol. The summed E-state index contributed by atoms with van der Waals surface area (Å²) in [4.78, 5) is 51.1. The number of hydrogen-bond acceptors (Lipinski definition) is 5. The molecule has 0 radical (unpaired) electrons. The summed E-state index contributed by atoms with van der Waals surface area (Å²) in [6.45, 7) is -0.109. The standard InChI is InChI=1S/C26H20BrClN2O5/c27-19-5-1-16(2-6-19)23(31)15-35-26(34)17-3-9-21(10-4-17)29-25(33)18-13-24(32)30(14-18)22-11-7-20(28)8-12-22/h1-12,18H,13-15H2,(H,29,33)/t18-/m1/s1. The van der Waals surface area contributed by atoms with Crippen LogP contribution in [0.2, 0.25) is 5.02 Å². The first-order valence-electron chi connectivity index (χ1n) is 10.7. The lowest BCUT2D eigenvalue weighted by atomic mass is 10.1. The van der Waals surface area contributed by atoms with Crippen molar-refractivity contribution in [3.63, 3.8) is 0 Å². The van der Waals surface area contributed by atoms with Crippen LogP contribution in [0.15, 0.2) is 77.3 Å². The Kier molecular flexibility index (Phi) is 7.63. The zero-order valence-electron chi connectivity index (χ0n) is 18.4. The van der Waals surface area contributed by atoms with Gasteiger partial charge in [0, 0.05) is 39.4 Å². The fourth-order valence-corrected chi connectivity index (χ4v) is 4.01. The Morgan fingerprint density at radius 1 is 0.943 bits per heavy atom. The molecule has 0 saturated carbocycles. The number of Topliss-reactive ketones (excluding diaryl/α,β-unsaturated/α-hetero) is 1. The number of esters is 1. The highest BCUT2D eigenvalue weighted by Crippen LogP contribution is 2.27. The Bertz CT molecular complexity index is 1260. The van der Waals surface area contributed by atoms with Crippen molar-refractivity contribution in [1.29, 1.82) is 0 Å². The van der Waals surface area contributed by atoms with E-state index in [0.717, 1.165) is 4.47 Å². The van der Waals surface area contributed by atoms with E-state index in [2.05, 4.69) is 21.2 Å². The van der Waals surface area contributed by atoms with E-state index in [0.29, 0.717) is 22.0 Å². The van der Waals surface area contributed by atoms with Crippen molar-refractivity contribution in [3.05, 3.63) is 93.4 Å². The van der Waals surface area contributed by atoms with E-state index < -0.39 is 11.9 Å². The zero-order chi connectivity index (χ0) is 24.9. The van der Waals surface area contributed by atoms with Crippen molar-refractivity contribution in [2.24, 2.45) is 5.92 Å². The van der Waals surface area contributed by atoms with Crippen LogP contribution in [-0.2, 0) is 14.3 Å². The second-order valence-corrected chi connectivity index (χ2v) is 9.31. The first-order valence-corrected chi connectivity index (χ1v) is 11.9. The number of halogens is 2. The smallest absolute Gasteiger partial charge is 0.338 e. The topological polar surface area (TPSA) is 92.8 Å². The molecule has 1 atom stereocenters. The number of benzene rings is 3. The normalized spacial score (nSPS) is 15.1. The van der Waals surface area contributed by atoms with Gasteiger partial charge in [0.15, 0.2) is 12.4 Å². The van der Waals surface area contributed by atoms with Gasteiger partial charge in [0.25, 0.3) is 0 Å². The van der Waals surface area contributed by atoms with Crippen LogP contribution in [0.25, 0.3) is 0 Å². The maximum absolute atomic E-state index is 12.7. The molecule has 35 heavy (non-hydrogen) atoms. The average Bonchev–Trinajstić information content (AvgIpc) is 3.25. The molecule has 1 aliphatic heterocycles. The summed E-state index contributed by atoms with van der Waals surface area (Å²) < 4.78 is 5.96. The summed E-state index contributed by atoms with van der Waals surface area (Å²) in [5, 5.41) is 3.35. The number of rotatable bonds is 7. The summed E-state index contributed by atoms with van der Waals surface area (Å²) in [6, 6.07) is 19.8. The molecule has 1 aliphatic rings. The molecular formula is C26H20BrClN2O5. The average molecular weight is 556 g/mol. The quantitative estimate of drug-likeness (QED) is 0.322. The predicted molar refractivity (Wildman–Crippen MR) is 136 cm³/mol. The molecule has 3 aromatic carbocycles. The maximum Gasteiger partial charge on any atom is 0.338 e.